The number of rotatable bonds is 5. The van der Waals surface area contributed by atoms with Crippen LogP contribution in [0, 0.1) is 5.92 Å². The van der Waals surface area contributed by atoms with Crippen LogP contribution in [0.15, 0.2) is 42.0 Å². The van der Waals surface area contributed by atoms with Gasteiger partial charge in [-0.1, -0.05) is 13.0 Å². The lowest BCUT2D eigenvalue weighted by atomic mass is 9.93. The van der Waals surface area contributed by atoms with Gasteiger partial charge in [-0.25, -0.2) is 15.0 Å². The maximum atomic E-state index is 4.93. The van der Waals surface area contributed by atoms with Crippen LogP contribution in [0.5, 0.6) is 0 Å². The Labute approximate surface area is 173 Å². The Hall–Kier alpha value is -2.57. The molecule has 29 heavy (non-hydrogen) atoms. The highest BCUT2D eigenvalue weighted by atomic mass is 15.3. The summed E-state index contributed by atoms with van der Waals surface area (Å²) in [5.41, 5.74) is 1.15. The quantitative estimate of drug-likeness (QED) is 0.623. The molecule has 4 heterocycles. The fourth-order valence-corrected chi connectivity index (χ4v) is 4.33. The summed E-state index contributed by atoms with van der Waals surface area (Å²) in [4.78, 5) is 18.6. The molecule has 2 aromatic rings. The van der Waals surface area contributed by atoms with Crippen LogP contribution in [-0.2, 0) is 6.54 Å². The van der Waals surface area contributed by atoms with Crippen LogP contribution < -0.4 is 10.2 Å². The molecular weight excluding hydrogens is 362 g/mol. The number of nitrogens with one attached hydrogen (secondary N) is 1. The number of aliphatic imine (C=N–C) groups is 1. The van der Waals surface area contributed by atoms with Crippen molar-refractivity contribution in [2.24, 2.45) is 10.9 Å². The molecule has 0 radical (unpaired) electrons. The van der Waals surface area contributed by atoms with E-state index in [0.717, 1.165) is 56.5 Å². The molecule has 2 saturated heterocycles. The number of hydrogen-bond donors (Lipinski definition) is 1. The molecule has 2 aliphatic rings. The van der Waals surface area contributed by atoms with Crippen LogP contribution >= 0.6 is 0 Å². The molecule has 2 unspecified atom stereocenters. The van der Waals surface area contributed by atoms with Crippen LogP contribution in [0.25, 0.3) is 0 Å². The lowest BCUT2D eigenvalue weighted by Gasteiger charge is -2.39. The Bertz CT molecular complexity index is 778. The lowest BCUT2D eigenvalue weighted by molar-refractivity contribution is 0.189. The number of nitrogens with zero attached hydrogens (tertiary/aromatic N) is 6. The zero-order valence-corrected chi connectivity index (χ0v) is 17.7. The summed E-state index contributed by atoms with van der Waals surface area (Å²) in [7, 11) is 0. The van der Waals surface area contributed by atoms with Crippen molar-refractivity contribution < 1.29 is 0 Å². The zero-order valence-electron chi connectivity index (χ0n) is 17.7. The van der Waals surface area contributed by atoms with Crippen LogP contribution in [0.2, 0.25) is 0 Å². The van der Waals surface area contributed by atoms with Crippen molar-refractivity contribution in [3.63, 3.8) is 0 Å². The number of piperidine rings is 1. The van der Waals surface area contributed by atoms with E-state index >= 15 is 0 Å². The highest BCUT2D eigenvalue weighted by Gasteiger charge is 2.28. The summed E-state index contributed by atoms with van der Waals surface area (Å²) in [5, 5.41) is 3.48. The van der Waals surface area contributed by atoms with Crippen LogP contribution in [-0.4, -0.2) is 58.1 Å². The molecule has 4 rings (SSSR count). The van der Waals surface area contributed by atoms with Crippen LogP contribution in [0.4, 0.5) is 5.82 Å². The number of guanidine groups is 1. The Morgan fingerprint density at radius 3 is 2.79 bits per heavy atom. The van der Waals surface area contributed by atoms with Gasteiger partial charge in [0.15, 0.2) is 5.96 Å². The largest absolute Gasteiger partial charge is 0.357 e. The summed E-state index contributed by atoms with van der Waals surface area (Å²) in [6, 6.07) is 4.73. The van der Waals surface area contributed by atoms with Gasteiger partial charge in [-0.2, -0.15) is 0 Å². The van der Waals surface area contributed by atoms with E-state index in [1.54, 1.807) is 0 Å². The van der Waals surface area contributed by atoms with Gasteiger partial charge in [0.2, 0.25) is 0 Å². The highest BCUT2D eigenvalue weighted by molar-refractivity contribution is 5.80. The lowest BCUT2D eigenvalue weighted by Crippen LogP contribution is -2.49. The topological polar surface area (TPSA) is 61.6 Å². The molecule has 156 valence electrons. The molecular formula is C22H33N7. The number of likely N-dealkylation sites (tertiary alicyclic amines) is 1. The van der Waals surface area contributed by atoms with Gasteiger partial charge in [-0.15, -0.1) is 0 Å². The van der Waals surface area contributed by atoms with Crippen molar-refractivity contribution in [1.82, 2.24) is 24.8 Å². The van der Waals surface area contributed by atoms with Crippen molar-refractivity contribution in [2.75, 3.05) is 37.6 Å². The number of aromatic nitrogens is 3. The zero-order chi connectivity index (χ0) is 20.1. The molecule has 0 aliphatic carbocycles. The smallest absolute Gasteiger partial charge is 0.194 e. The van der Waals surface area contributed by atoms with E-state index in [1.807, 2.05) is 18.7 Å². The Kier molecular flexibility index (Phi) is 6.32. The molecule has 0 bridgehead atoms. The Morgan fingerprint density at radius 2 is 2.10 bits per heavy atom. The normalized spacial score (nSPS) is 22.9. The van der Waals surface area contributed by atoms with Gasteiger partial charge >= 0.3 is 0 Å². The van der Waals surface area contributed by atoms with Crippen LogP contribution in [0.1, 0.15) is 44.7 Å². The average Bonchev–Trinajstić information content (AvgIpc) is 3.46. The molecule has 1 N–H and O–H groups in total. The summed E-state index contributed by atoms with van der Waals surface area (Å²) < 4.78 is 2.24. The first kappa shape index (κ1) is 19.7. The van der Waals surface area contributed by atoms with Gasteiger partial charge in [-0.05, 0) is 43.7 Å². The fourth-order valence-electron chi connectivity index (χ4n) is 4.33. The summed E-state index contributed by atoms with van der Waals surface area (Å²) >= 11 is 0. The van der Waals surface area contributed by atoms with Gasteiger partial charge in [0, 0.05) is 51.3 Å². The van der Waals surface area contributed by atoms with Gasteiger partial charge in [0.05, 0.1) is 18.9 Å². The minimum atomic E-state index is 0.427. The van der Waals surface area contributed by atoms with E-state index in [2.05, 4.69) is 61.8 Å². The maximum Gasteiger partial charge on any atom is 0.194 e. The first-order valence-corrected chi connectivity index (χ1v) is 10.9. The third-order valence-corrected chi connectivity index (χ3v) is 6.11. The molecule has 2 fully saturated rings. The molecule has 0 amide bonds. The van der Waals surface area contributed by atoms with Gasteiger partial charge in [0.25, 0.3) is 0 Å². The summed E-state index contributed by atoms with van der Waals surface area (Å²) in [6.45, 7) is 10.2. The van der Waals surface area contributed by atoms with Gasteiger partial charge in [-0.3, -0.25) is 0 Å². The molecule has 2 aromatic heterocycles. The first-order valence-electron chi connectivity index (χ1n) is 10.9. The van der Waals surface area contributed by atoms with E-state index in [-0.39, 0.29) is 0 Å². The predicted octanol–water partition coefficient (Wildman–Crippen LogP) is 2.93. The predicted molar refractivity (Wildman–Crippen MR) is 117 cm³/mol. The molecule has 2 atom stereocenters. The third kappa shape index (κ3) is 4.71. The van der Waals surface area contributed by atoms with E-state index in [1.165, 1.54) is 12.8 Å². The standard InChI is InChI=1S/C22H33N7/c1-3-24-22(28-12-8-18(2)20(16-28)29-13-9-23-17-29)26-15-19-6-7-21(25-14-19)27-10-4-5-11-27/h6-7,9,13-14,17-18,20H,3-5,8,10-12,15-16H2,1-2H3,(H,24,26). The minimum absolute atomic E-state index is 0.427. The summed E-state index contributed by atoms with van der Waals surface area (Å²) in [6.07, 6.45) is 11.5. The molecule has 7 heteroatoms. The number of anilines is 1. The van der Waals surface area contributed by atoms with E-state index in [4.69, 9.17) is 4.99 Å². The van der Waals surface area contributed by atoms with Crippen molar-refractivity contribution in [2.45, 2.75) is 45.7 Å². The van der Waals surface area contributed by atoms with Crippen molar-refractivity contribution in [1.29, 1.82) is 0 Å². The highest BCUT2D eigenvalue weighted by Crippen LogP contribution is 2.27. The van der Waals surface area contributed by atoms with E-state index in [9.17, 15) is 0 Å². The Morgan fingerprint density at radius 1 is 1.24 bits per heavy atom. The monoisotopic (exact) mass is 395 g/mol. The Balaban J connectivity index is 1.43. The second-order valence-corrected chi connectivity index (χ2v) is 8.18. The van der Waals surface area contributed by atoms with E-state index in [0.29, 0.717) is 18.5 Å². The average molecular weight is 396 g/mol. The second kappa shape index (κ2) is 9.29. The van der Waals surface area contributed by atoms with Crippen molar-refractivity contribution in [3.05, 3.63) is 42.6 Å². The molecule has 0 spiro atoms. The van der Waals surface area contributed by atoms with E-state index < -0.39 is 0 Å². The first-order chi connectivity index (χ1) is 14.2. The number of hydrogen-bond acceptors (Lipinski definition) is 4. The fraction of sp³-hybridized carbons (Fsp3) is 0.591. The molecule has 2 aliphatic heterocycles. The molecule has 0 saturated carbocycles. The number of imidazole rings is 1. The van der Waals surface area contributed by atoms with Crippen LogP contribution in [0.3, 0.4) is 0 Å². The second-order valence-electron chi connectivity index (χ2n) is 8.18. The maximum absolute atomic E-state index is 4.93. The molecule has 7 nitrogen and oxygen atoms in total. The molecule has 0 aromatic carbocycles. The SMILES string of the molecule is CCNC(=NCc1ccc(N2CCCC2)nc1)N1CCC(C)C(n2ccnc2)C1. The summed E-state index contributed by atoms with van der Waals surface area (Å²) in [5.74, 6) is 2.72. The van der Waals surface area contributed by atoms with Gasteiger partial charge < -0.3 is 19.7 Å². The number of pyridine rings is 1. The minimum Gasteiger partial charge on any atom is -0.357 e. The third-order valence-electron chi connectivity index (χ3n) is 6.11. The van der Waals surface area contributed by atoms with Gasteiger partial charge in [0.1, 0.15) is 5.82 Å². The van der Waals surface area contributed by atoms with Crippen molar-refractivity contribution in [3.8, 4) is 0 Å². The van der Waals surface area contributed by atoms with Crippen molar-refractivity contribution >= 4 is 11.8 Å².